The molecule has 24 heavy (non-hydrogen) atoms. The first-order valence-electron chi connectivity index (χ1n) is 8.73. The molecule has 3 nitrogen and oxygen atoms in total. The second-order valence-corrected chi connectivity index (χ2v) is 7.35. The highest BCUT2D eigenvalue weighted by Crippen LogP contribution is 2.52. The Morgan fingerprint density at radius 3 is 2.62 bits per heavy atom. The van der Waals surface area contributed by atoms with Gasteiger partial charge >= 0.3 is 0 Å². The largest absolute Gasteiger partial charge is 0.386 e. The monoisotopic (exact) mass is 326 g/mol. The van der Waals surface area contributed by atoms with Crippen molar-refractivity contribution in [2.45, 2.75) is 55.7 Å². The highest BCUT2D eigenvalue weighted by Gasteiger charge is 2.56. The number of rotatable bonds is 5. The Bertz CT molecular complexity index is 711. The van der Waals surface area contributed by atoms with E-state index in [2.05, 4.69) is 16.4 Å². The summed E-state index contributed by atoms with van der Waals surface area (Å²) in [6.07, 6.45) is 8.81. The van der Waals surface area contributed by atoms with Gasteiger partial charge in [0.25, 0.3) is 0 Å². The number of pyridine rings is 1. The predicted molar refractivity (Wildman–Crippen MR) is 91.0 cm³/mol. The number of hydrogen-bond acceptors (Lipinski definition) is 3. The number of halogens is 1. The number of nitrogens with zero attached hydrogens (tertiary/aromatic N) is 1. The first-order chi connectivity index (χ1) is 11.6. The molecule has 2 fully saturated rings. The molecule has 2 N–H and O–H groups in total. The Morgan fingerprint density at radius 2 is 1.92 bits per heavy atom. The van der Waals surface area contributed by atoms with Crippen LogP contribution in [0, 0.1) is 5.82 Å². The maximum atomic E-state index is 14.1. The third kappa shape index (κ3) is 2.64. The molecule has 126 valence electrons. The van der Waals surface area contributed by atoms with Crippen molar-refractivity contribution in [1.82, 2.24) is 10.3 Å². The summed E-state index contributed by atoms with van der Waals surface area (Å²) in [6, 6.07) is 10.7. The number of aromatic nitrogens is 1. The first-order valence-corrected chi connectivity index (χ1v) is 8.73. The van der Waals surface area contributed by atoms with Crippen LogP contribution in [-0.2, 0) is 6.42 Å². The zero-order valence-corrected chi connectivity index (χ0v) is 13.7. The summed E-state index contributed by atoms with van der Waals surface area (Å²) < 4.78 is 14.1. The summed E-state index contributed by atoms with van der Waals surface area (Å²) in [5.41, 5.74) is 1.35. The van der Waals surface area contributed by atoms with Crippen molar-refractivity contribution in [2.75, 3.05) is 0 Å². The van der Waals surface area contributed by atoms with E-state index in [0.29, 0.717) is 5.56 Å². The zero-order chi connectivity index (χ0) is 16.6. The molecule has 4 rings (SSSR count). The zero-order valence-electron chi connectivity index (χ0n) is 13.7. The van der Waals surface area contributed by atoms with Gasteiger partial charge in [-0.1, -0.05) is 24.3 Å². The van der Waals surface area contributed by atoms with Crippen molar-refractivity contribution in [3.8, 4) is 0 Å². The first kappa shape index (κ1) is 15.7. The number of fused-ring (bicyclic) bond motifs is 2. The summed E-state index contributed by atoms with van der Waals surface area (Å²) >= 11 is 0. The Kier molecular flexibility index (Phi) is 3.89. The lowest BCUT2D eigenvalue weighted by Gasteiger charge is -2.32. The molecule has 0 spiro atoms. The van der Waals surface area contributed by atoms with Crippen LogP contribution in [0.15, 0.2) is 48.8 Å². The van der Waals surface area contributed by atoms with Gasteiger partial charge in [-0.05, 0) is 56.2 Å². The number of nitrogens with one attached hydrogen (secondary N) is 1. The molecule has 1 unspecified atom stereocenters. The second kappa shape index (κ2) is 5.94. The van der Waals surface area contributed by atoms with Gasteiger partial charge in [0.05, 0.1) is 6.10 Å². The van der Waals surface area contributed by atoms with Gasteiger partial charge in [0.15, 0.2) is 0 Å². The fraction of sp³-hybridized carbons (Fsp3) is 0.450. The highest BCUT2D eigenvalue weighted by molar-refractivity contribution is 5.28. The SMILES string of the molecule is OC(c1ccccc1F)C12CCC(CCc3cccnc3)(CC1)N2. The molecule has 1 aromatic heterocycles. The molecule has 2 aliphatic rings. The maximum absolute atomic E-state index is 14.1. The van der Waals surface area contributed by atoms with Crippen LogP contribution in [0.4, 0.5) is 4.39 Å². The van der Waals surface area contributed by atoms with Gasteiger partial charge in [-0.15, -0.1) is 0 Å². The van der Waals surface area contributed by atoms with E-state index in [4.69, 9.17) is 0 Å². The van der Waals surface area contributed by atoms with Gasteiger partial charge in [0, 0.05) is 29.0 Å². The van der Waals surface area contributed by atoms with Crippen molar-refractivity contribution >= 4 is 0 Å². The normalized spacial score (nSPS) is 29.8. The van der Waals surface area contributed by atoms with E-state index in [0.717, 1.165) is 38.5 Å². The minimum absolute atomic E-state index is 0.0715. The maximum Gasteiger partial charge on any atom is 0.129 e. The number of aryl methyl sites for hydroxylation is 1. The van der Waals surface area contributed by atoms with E-state index in [1.54, 1.807) is 24.4 Å². The van der Waals surface area contributed by atoms with E-state index in [1.807, 2.05) is 12.3 Å². The van der Waals surface area contributed by atoms with Crippen LogP contribution < -0.4 is 5.32 Å². The number of aliphatic hydroxyl groups is 1. The predicted octanol–water partition coefficient (Wildman–Crippen LogP) is 3.54. The van der Waals surface area contributed by atoms with Gasteiger partial charge in [-0.2, -0.15) is 0 Å². The van der Waals surface area contributed by atoms with Gasteiger partial charge in [0.2, 0.25) is 0 Å². The summed E-state index contributed by atoms with van der Waals surface area (Å²) in [4.78, 5) is 4.18. The van der Waals surface area contributed by atoms with Crippen molar-refractivity contribution in [2.24, 2.45) is 0 Å². The van der Waals surface area contributed by atoms with E-state index in [-0.39, 0.29) is 16.9 Å². The molecule has 0 aliphatic carbocycles. The molecule has 4 heteroatoms. The third-order valence-corrected chi connectivity index (χ3v) is 5.95. The van der Waals surface area contributed by atoms with Gasteiger partial charge in [0.1, 0.15) is 5.82 Å². The van der Waals surface area contributed by atoms with E-state index >= 15 is 0 Å². The van der Waals surface area contributed by atoms with Crippen LogP contribution in [0.2, 0.25) is 0 Å². The fourth-order valence-corrected chi connectivity index (χ4v) is 4.53. The van der Waals surface area contributed by atoms with E-state index in [9.17, 15) is 9.50 Å². The van der Waals surface area contributed by atoms with Crippen molar-refractivity contribution in [1.29, 1.82) is 0 Å². The Labute approximate surface area is 141 Å². The van der Waals surface area contributed by atoms with Crippen LogP contribution in [0.5, 0.6) is 0 Å². The van der Waals surface area contributed by atoms with Crippen molar-refractivity contribution in [3.05, 3.63) is 65.7 Å². The molecule has 1 aromatic carbocycles. The topological polar surface area (TPSA) is 45.2 Å². The molecule has 2 aromatic rings. The van der Waals surface area contributed by atoms with E-state index < -0.39 is 6.10 Å². The van der Waals surface area contributed by atoms with Crippen LogP contribution >= 0.6 is 0 Å². The fourth-order valence-electron chi connectivity index (χ4n) is 4.53. The number of benzene rings is 1. The summed E-state index contributed by atoms with van der Waals surface area (Å²) in [6.45, 7) is 0. The standard InChI is InChI=1S/C20H23FN2O/c21-17-6-2-1-5-16(17)18(24)20-11-9-19(23-20,10-12-20)8-7-15-4-3-13-22-14-15/h1-6,13-14,18,23-24H,7-12H2. The molecule has 2 aliphatic heterocycles. The molecular weight excluding hydrogens is 303 g/mol. The Hall–Kier alpha value is -1.78. The quantitative estimate of drug-likeness (QED) is 0.883. The van der Waals surface area contributed by atoms with Gasteiger partial charge in [-0.3, -0.25) is 4.98 Å². The van der Waals surface area contributed by atoms with E-state index in [1.165, 1.54) is 11.6 Å². The number of hydrogen-bond donors (Lipinski definition) is 2. The molecule has 3 heterocycles. The van der Waals surface area contributed by atoms with Crippen LogP contribution in [0.25, 0.3) is 0 Å². The average molecular weight is 326 g/mol. The van der Waals surface area contributed by atoms with Crippen molar-refractivity contribution < 1.29 is 9.50 Å². The van der Waals surface area contributed by atoms with Crippen molar-refractivity contribution in [3.63, 3.8) is 0 Å². The lowest BCUT2D eigenvalue weighted by molar-refractivity contribution is 0.0704. The molecule has 1 atom stereocenters. The lowest BCUT2D eigenvalue weighted by atomic mass is 9.76. The lowest BCUT2D eigenvalue weighted by Crippen LogP contribution is -2.46. The summed E-state index contributed by atoms with van der Waals surface area (Å²) in [7, 11) is 0. The summed E-state index contributed by atoms with van der Waals surface area (Å²) in [5.74, 6) is -0.319. The Morgan fingerprint density at radius 1 is 1.12 bits per heavy atom. The van der Waals surface area contributed by atoms with Crippen LogP contribution in [-0.4, -0.2) is 21.2 Å². The highest BCUT2D eigenvalue weighted by atomic mass is 19.1. The Balaban J connectivity index is 1.49. The molecule has 2 bridgehead atoms. The smallest absolute Gasteiger partial charge is 0.129 e. The molecule has 0 saturated carbocycles. The molecular formula is C20H23FN2O. The van der Waals surface area contributed by atoms with Gasteiger partial charge < -0.3 is 10.4 Å². The molecule has 2 saturated heterocycles. The third-order valence-electron chi connectivity index (χ3n) is 5.95. The van der Waals surface area contributed by atoms with Gasteiger partial charge in [-0.25, -0.2) is 4.39 Å². The molecule has 0 radical (unpaired) electrons. The average Bonchev–Trinajstić information content (AvgIpc) is 3.19. The molecule has 0 amide bonds. The summed E-state index contributed by atoms with van der Waals surface area (Å²) in [5, 5.41) is 14.6. The second-order valence-electron chi connectivity index (χ2n) is 7.35. The number of aliphatic hydroxyl groups excluding tert-OH is 1. The minimum Gasteiger partial charge on any atom is -0.386 e. The van der Waals surface area contributed by atoms with Crippen LogP contribution in [0.1, 0.15) is 49.3 Å². The minimum atomic E-state index is -0.790. The van der Waals surface area contributed by atoms with Crippen LogP contribution in [0.3, 0.4) is 0 Å².